The number of hydrogen-bond donors (Lipinski definition) is 2. The summed E-state index contributed by atoms with van der Waals surface area (Å²) < 4.78 is 26.7. The largest absolute Gasteiger partial charge is 0.264 e. The predicted octanol–water partition coefficient (Wildman–Crippen LogP) is 1.37. The summed E-state index contributed by atoms with van der Waals surface area (Å²) in [5, 5.41) is 5.96. The highest BCUT2D eigenvalue weighted by atomic mass is 79.9. The van der Waals surface area contributed by atoms with E-state index in [1.807, 2.05) is 0 Å². The van der Waals surface area contributed by atoms with Crippen molar-refractivity contribution in [2.45, 2.75) is 4.90 Å². The highest BCUT2D eigenvalue weighted by Gasteiger charge is 2.14. The topological polar surface area (TPSA) is 87.7 Å². The molecule has 0 unspecified atom stereocenters. The van der Waals surface area contributed by atoms with Crippen LogP contribution in [0.4, 0.5) is 5.95 Å². The number of halogens is 1. The molecule has 0 aliphatic carbocycles. The van der Waals surface area contributed by atoms with Crippen LogP contribution in [-0.4, -0.2) is 23.6 Å². The van der Waals surface area contributed by atoms with Crippen molar-refractivity contribution in [2.75, 3.05) is 4.72 Å². The summed E-state index contributed by atoms with van der Waals surface area (Å²) in [6, 6.07) is 6.27. The van der Waals surface area contributed by atoms with Crippen LogP contribution in [0.3, 0.4) is 0 Å². The Hall–Kier alpha value is -1.41. The first-order valence-corrected chi connectivity index (χ1v) is 6.49. The lowest BCUT2D eigenvalue weighted by atomic mass is 10.4. The van der Waals surface area contributed by atoms with Gasteiger partial charge in [-0.1, -0.05) is 15.9 Å². The predicted molar refractivity (Wildman–Crippen MR) is 61.3 cm³/mol. The number of aromatic amines is 1. The summed E-state index contributed by atoms with van der Waals surface area (Å²) in [6.45, 7) is 0. The molecule has 0 saturated heterocycles. The fourth-order valence-electron chi connectivity index (χ4n) is 1.05. The van der Waals surface area contributed by atoms with Gasteiger partial charge in [0.05, 0.1) is 4.90 Å². The molecule has 0 radical (unpaired) electrons. The molecule has 1 heterocycles. The zero-order valence-electron chi connectivity index (χ0n) is 7.88. The number of benzene rings is 1. The van der Waals surface area contributed by atoms with Crippen LogP contribution in [0.15, 0.2) is 40.0 Å². The Bertz CT molecular complexity index is 565. The average Bonchev–Trinajstić information content (AvgIpc) is 2.70. The van der Waals surface area contributed by atoms with Gasteiger partial charge in [-0.25, -0.2) is 18.2 Å². The Labute approximate surface area is 100 Å². The number of sulfonamides is 1. The third-order valence-electron chi connectivity index (χ3n) is 1.77. The second kappa shape index (κ2) is 4.22. The summed E-state index contributed by atoms with van der Waals surface area (Å²) in [6.07, 6.45) is 1.22. The Balaban J connectivity index is 2.29. The van der Waals surface area contributed by atoms with Crippen LogP contribution in [0.1, 0.15) is 0 Å². The van der Waals surface area contributed by atoms with E-state index < -0.39 is 10.0 Å². The third kappa shape index (κ3) is 2.39. The van der Waals surface area contributed by atoms with Gasteiger partial charge in [0, 0.05) is 4.47 Å². The SMILES string of the molecule is O=S(=O)(Nc1ncn[nH]1)c1ccc(Br)cc1. The van der Waals surface area contributed by atoms with Crippen molar-refractivity contribution in [3.05, 3.63) is 35.1 Å². The van der Waals surface area contributed by atoms with E-state index in [0.717, 1.165) is 4.47 Å². The van der Waals surface area contributed by atoms with Crippen LogP contribution in [0.5, 0.6) is 0 Å². The van der Waals surface area contributed by atoms with Crippen LogP contribution in [0.2, 0.25) is 0 Å². The number of hydrogen-bond acceptors (Lipinski definition) is 4. The second-order valence-corrected chi connectivity index (χ2v) is 5.49. The number of nitrogens with zero attached hydrogens (tertiary/aromatic N) is 2. The van der Waals surface area contributed by atoms with Gasteiger partial charge < -0.3 is 0 Å². The summed E-state index contributed by atoms with van der Waals surface area (Å²) in [5.74, 6) is 0.0860. The number of anilines is 1. The lowest BCUT2D eigenvalue weighted by Crippen LogP contribution is -2.13. The molecule has 0 aliphatic rings. The maximum atomic E-state index is 11.8. The molecule has 2 N–H and O–H groups in total. The maximum Gasteiger partial charge on any atom is 0.264 e. The van der Waals surface area contributed by atoms with Crippen LogP contribution >= 0.6 is 15.9 Å². The van der Waals surface area contributed by atoms with E-state index in [1.54, 1.807) is 12.1 Å². The fourth-order valence-corrected chi connectivity index (χ4v) is 2.28. The molecule has 2 rings (SSSR count). The van der Waals surface area contributed by atoms with E-state index in [-0.39, 0.29) is 10.8 Å². The van der Waals surface area contributed by atoms with Gasteiger partial charge in [0.15, 0.2) is 0 Å². The molecule has 0 saturated carbocycles. The number of aromatic nitrogens is 3. The second-order valence-electron chi connectivity index (χ2n) is 2.89. The monoisotopic (exact) mass is 302 g/mol. The van der Waals surface area contributed by atoms with Gasteiger partial charge in [-0.05, 0) is 24.3 Å². The normalized spacial score (nSPS) is 11.3. The van der Waals surface area contributed by atoms with Crippen molar-refractivity contribution in [3.63, 3.8) is 0 Å². The molecule has 0 atom stereocenters. The Morgan fingerprint density at radius 3 is 2.50 bits per heavy atom. The molecule has 16 heavy (non-hydrogen) atoms. The molecule has 8 heteroatoms. The van der Waals surface area contributed by atoms with Gasteiger partial charge in [0.1, 0.15) is 6.33 Å². The van der Waals surface area contributed by atoms with Crippen molar-refractivity contribution in [1.29, 1.82) is 0 Å². The van der Waals surface area contributed by atoms with Crippen molar-refractivity contribution in [1.82, 2.24) is 15.2 Å². The van der Waals surface area contributed by atoms with E-state index in [1.165, 1.54) is 18.5 Å². The van der Waals surface area contributed by atoms with E-state index in [4.69, 9.17) is 0 Å². The lowest BCUT2D eigenvalue weighted by Gasteiger charge is -2.04. The smallest absolute Gasteiger partial charge is 0.248 e. The van der Waals surface area contributed by atoms with E-state index in [9.17, 15) is 8.42 Å². The first-order chi connectivity index (χ1) is 7.58. The highest BCUT2D eigenvalue weighted by molar-refractivity contribution is 9.10. The van der Waals surface area contributed by atoms with Crippen LogP contribution in [-0.2, 0) is 10.0 Å². The molecular formula is C8H7BrN4O2S. The quantitative estimate of drug-likeness (QED) is 0.896. The van der Waals surface area contributed by atoms with Crippen molar-refractivity contribution in [2.24, 2.45) is 0 Å². The Morgan fingerprint density at radius 1 is 1.25 bits per heavy atom. The van der Waals surface area contributed by atoms with Crippen molar-refractivity contribution < 1.29 is 8.42 Å². The van der Waals surface area contributed by atoms with Crippen LogP contribution < -0.4 is 4.72 Å². The van der Waals surface area contributed by atoms with Crippen molar-refractivity contribution in [3.8, 4) is 0 Å². The Morgan fingerprint density at radius 2 is 1.94 bits per heavy atom. The minimum absolute atomic E-state index is 0.0860. The molecular weight excluding hydrogens is 296 g/mol. The van der Waals surface area contributed by atoms with Gasteiger partial charge in [-0.15, -0.1) is 0 Å². The summed E-state index contributed by atoms with van der Waals surface area (Å²) >= 11 is 3.23. The standard InChI is InChI=1S/C8H7BrN4O2S/c9-6-1-3-7(4-2-6)16(14,15)13-8-10-5-11-12-8/h1-5H,(H2,10,11,12,13). The molecule has 0 spiro atoms. The number of nitrogens with one attached hydrogen (secondary N) is 2. The van der Waals surface area contributed by atoms with E-state index >= 15 is 0 Å². The zero-order valence-corrected chi connectivity index (χ0v) is 10.3. The first-order valence-electron chi connectivity index (χ1n) is 4.22. The lowest BCUT2D eigenvalue weighted by molar-refractivity contribution is 0.601. The van der Waals surface area contributed by atoms with Crippen LogP contribution in [0, 0.1) is 0 Å². The molecule has 6 nitrogen and oxygen atoms in total. The molecule has 84 valence electrons. The zero-order chi connectivity index (χ0) is 11.6. The molecule has 1 aromatic carbocycles. The number of H-pyrrole nitrogens is 1. The van der Waals surface area contributed by atoms with E-state index in [0.29, 0.717) is 0 Å². The average molecular weight is 303 g/mol. The van der Waals surface area contributed by atoms with Gasteiger partial charge in [-0.3, -0.25) is 0 Å². The summed E-state index contributed by atoms with van der Waals surface area (Å²) in [7, 11) is -3.60. The number of rotatable bonds is 3. The third-order valence-corrected chi connectivity index (χ3v) is 3.65. The summed E-state index contributed by atoms with van der Waals surface area (Å²) in [5.41, 5.74) is 0. The molecule has 0 bridgehead atoms. The van der Waals surface area contributed by atoms with Gasteiger partial charge in [0.25, 0.3) is 10.0 Å². The van der Waals surface area contributed by atoms with E-state index in [2.05, 4.69) is 35.8 Å². The molecule has 2 aromatic rings. The van der Waals surface area contributed by atoms with Gasteiger partial charge in [-0.2, -0.15) is 10.1 Å². The Kier molecular flexibility index (Phi) is 2.92. The fraction of sp³-hybridized carbons (Fsp3) is 0. The molecule has 0 fully saturated rings. The summed E-state index contributed by atoms with van der Waals surface area (Å²) in [4.78, 5) is 3.84. The van der Waals surface area contributed by atoms with Crippen molar-refractivity contribution >= 4 is 31.9 Å². The first kappa shape index (κ1) is 11.1. The van der Waals surface area contributed by atoms with Gasteiger partial charge in [0.2, 0.25) is 5.95 Å². The molecule has 0 amide bonds. The minimum Gasteiger partial charge on any atom is -0.248 e. The highest BCUT2D eigenvalue weighted by Crippen LogP contribution is 2.16. The molecule has 1 aromatic heterocycles. The molecule has 0 aliphatic heterocycles. The maximum absolute atomic E-state index is 11.8. The van der Waals surface area contributed by atoms with Gasteiger partial charge >= 0.3 is 0 Å². The van der Waals surface area contributed by atoms with Crippen LogP contribution in [0.25, 0.3) is 0 Å². The minimum atomic E-state index is -3.60.